The topological polar surface area (TPSA) is 98.2 Å². The van der Waals surface area contributed by atoms with E-state index in [1.165, 1.54) is 0 Å². The van der Waals surface area contributed by atoms with Gasteiger partial charge in [-0.1, -0.05) is 6.92 Å². The number of aromatic nitrogens is 5. The van der Waals surface area contributed by atoms with Crippen LogP contribution in [0.15, 0.2) is 29.1 Å². The third-order valence-corrected chi connectivity index (χ3v) is 6.76. The van der Waals surface area contributed by atoms with Gasteiger partial charge in [-0.3, -0.25) is 9.69 Å². The Morgan fingerprint density at radius 2 is 2.09 bits per heavy atom. The minimum atomic E-state index is -0.311. The lowest BCUT2D eigenvalue weighted by molar-refractivity contribution is 0.0894. The summed E-state index contributed by atoms with van der Waals surface area (Å²) >= 11 is 0. The van der Waals surface area contributed by atoms with E-state index in [4.69, 9.17) is 9.47 Å². The number of H-pyrrole nitrogens is 1. The Morgan fingerprint density at radius 3 is 2.84 bits per heavy atom. The van der Waals surface area contributed by atoms with Gasteiger partial charge in [0.25, 0.3) is 5.56 Å². The van der Waals surface area contributed by atoms with Crippen molar-refractivity contribution in [3.63, 3.8) is 0 Å². The number of methoxy groups -OCH3 is 1. The number of pyridine rings is 1. The number of tetrazole rings is 1. The molecular weight excluding hydrogens is 408 g/mol. The fourth-order valence-electron chi connectivity index (χ4n) is 4.83. The van der Waals surface area contributed by atoms with Gasteiger partial charge in [0, 0.05) is 18.2 Å². The lowest BCUT2D eigenvalue weighted by Crippen LogP contribution is -2.40. The molecule has 2 aliphatic heterocycles. The van der Waals surface area contributed by atoms with E-state index in [0.717, 1.165) is 56.3 Å². The molecule has 5 rings (SSSR count). The molecule has 9 heteroatoms. The molecule has 2 aromatic heterocycles. The average Bonchev–Trinajstić information content (AvgIpc) is 3.48. The molecule has 0 spiro atoms. The number of piperidine rings is 1. The van der Waals surface area contributed by atoms with Crippen molar-refractivity contribution in [2.45, 2.75) is 51.3 Å². The monoisotopic (exact) mass is 438 g/mol. The van der Waals surface area contributed by atoms with E-state index in [1.807, 2.05) is 28.9 Å². The summed E-state index contributed by atoms with van der Waals surface area (Å²) in [5, 5.41) is 13.6. The highest BCUT2D eigenvalue weighted by Gasteiger charge is 2.33. The van der Waals surface area contributed by atoms with Gasteiger partial charge in [-0.25, -0.2) is 4.68 Å². The summed E-state index contributed by atoms with van der Waals surface area (Å²) in [6, 6.07) is 7.39. The SMILES string of the molecule is COc1ccc2cc([C@@H](c3nnnn3C[C@@H]3CCCO3)N3CCC(C)CC3)c(=O)[nH]c2c1. The molecule has 0 radical (unpaired) electrons. The molecule has 3 aromatic rings. The van der Waals surface area contributed by atoms with Crippen LogP contribution in [0.5, 0.6) is 5.75 Å². The van der Waals surface area contributed by atoms with Crippen LogP contribution in [-0.2, 0) is 11.3 Å². The van der Waals surface area contributed by atoms with Crippen molar-refractivity contribution < 1.29 is 9.47 Å². The second-order valence-corrected chi connectivity index (χ2v) is 8.98. The maximum absolute atomic E-state index is 13.3. The van der Waals surface area contributed by atoms with Crippen LogP contribution in [-0.4, -0.2) is 63.0 Å². The number of aromatic amines is 1. The Labute approximate surface area is 186 Å². The van der Waals surface area contributed by atoms with Crippen molar-refractivity contribution >= 4 is 10.9 Å². The maximum atomic E-state index is 13.3. The molecule has 32 heavy (non-hydrogen) atoms. The summed E-state index contributed by atoms with van der Waals surface area (Å²) in [5.41, 5.74) is 1.30. The minimum Gasteiger partial charge on any atom is -0.497 e. The lowest BCUT2D eigenvalue weighted by Gasteiger charge is -2.36. The number of nitrogens with zero attached hydrogens (tertiary/aromatic N) is 5. The summed E-state index contributed by atoms with van der Waals surface area (Å²) in [4.78, 5) is 18.7. The average molecular weight is 439 g/mol. The van der Waals surface area contributed by atoms with E-state index in [9.17, 15) is 4.79 Å². The van der Waals surface area contributed by atoms with Gasteiger partial charge < -0.3 is 14.5 Å². The molecule has 0 unspecified atom stereocenters. The number of benzene rings is 1. The molecule has 1 aromatic carbocycles. The number of hydrogen-bond acceptors (Lipinski definition) is 7. The molecule has 2 fully saturated rings. The summed E-state index contributed by atoms with van der Waals surface area (Å²) in [6.07, 6.45) is 4.35. The van der Waals surface area contributed by atoms with Crippen LogP contribution < -0.4 is 10.3 Å². The normalized spacial score (nSPS) is 21.2. The quantitative estimate of drug-likeness (QED) is 0.631. The van der Waals surface area contributed by atoms with Crippen LogP contribution in [0.3, 0.4) is 0 Å². The predicted octanol–water partition coefficient (Wildman–Crippen LogP) is 2.52. The molecule has 0 amide bonds. The molecule has 2 atom stereocenters. The van der Waals surface area contributed by atoms with Gasteiger partial charge in [-0.05, 0) is 78.7 Å². The summed E-state index contributed by atoms with van der Waals surface area (Å²) in [7, 11) is 1.62. The van der Waals surface area contributed by atoms with E-state index in [1.54, 1.807) is 7.11 Å². The highest BCUT2D eigenvalue weighted by atomic mass is 16.5. The van der Waals surface area contributed by atoms with Gasteiger partial charge in [0.15, 0.2) is 5.82 Å². The Hall–Kier alpha value is -2.78. The first-order valence-electron chi connectivity index (χ1n) is 11.4. The zero-order chi connectivity index (χ0) is 22.1. The second-order valence-electron chi connectivity index (χ2n) is 8.98. The summed E-state index contributed by atoms with van der Waals surface area (Å²) < 4.78 is 13.0. The van der Waals surface area contributed by atoms with Gasteiger partial charge in [0.05, 0.1) is 25.3 Å². The third-order valence-electron chi connectivity index (χ3n) is 6.76. The van der Waals surface area contributed by atoms with Crippen LogP contribution in [0.25, 0.3) is 10.9 Å². The first-order valence-corrected chi connectivity index (χ1v) is 11.4. The number of hydrogen-bond donors (Lipinski definition) is 1. The van der Waals surface area contributed by atoms with Gasteiger partial charge in [0.1, 0.15) is 11.8 Å². The Kier molecular flexibility index (Phi) is 5.93. The molecule has 0 aliphatic carbocycles. The molecular formula is C23H30N6O3. The standard InChI is InChI=1S/C23H30N6O3/c1-15-7-9-28(10-8-15)21(22-25-26-27-29(22)14-18-4-3-11-32-18)19-12-16-5-6-17(31-2)13-20(16)24-23(19)30/h5-6,12-13,15,18,21H,3-4,7-11,14H2,1-2H3,(H,24,30)/t18-,21-/m0/s1. The highest BCUT2D eigenvalue weighted by molar-refractivity contribution is 5.80. The van der Waals surface area contributed by atoms with Gasteiger partial charge in [-0.2, -0.15) is 0 Å². The number of fused-ring (bicyclic) bond motifs is 1. The van der Waals surface area contributed by atoms with Gasteiger partial charge in [0.2, 0.25) is 0 Å². The smallest absolute Gasteiger partial charge is 0.253 e. The molecule has 9 nitrogen and oxygen atoms in total. The van der Waals surface area contributed by atoms with E-state index < -0.39 is 0 Å². The molecule has 0 saturated carbocycles. The van der Waals surface area contributed by atoms with Gasteiger partial charge >= 0.3 is 0 Å². The Bertz CT molecular complexity index is 1130. The van der Waals surface area contributed by atoms with Crippen molar-refractivity contribution in [2.75, 3.05) is 26.8 Å². The summed E-state index contributed by atoms with van der Waals surface area (Å²) in [5.74, 6) is 2.09. The number of nitrogens with one attached hydrogen (secondary N) is 1. The Balaban J connectivity index is 1.57. The maximum Gasteiger partial charge on any atom is 0.253 e. The zero-order valence-electron chi connectivity index (χ0n) is 18.7. The first kappa shape index (κ1) is 21.1. The molecule has 4 heterocycles. The van der Waals surface area contributed by atoms with Crippen LogP contribution in [0.1, 0.15) is 50.0 Å². The number of ether oxygens (including phenoxy) is 2. The predicted molar refractivity (Wildman–Crippen MR) is 120 cm³/mol. The molecule has 0 bridgehead atoms. The van der Waals surface area contributed by atoms with Gasteiger partial charge in [-0.15, -0.1) is 5.10 Å². The van der Waals surface area contributed by atoms with Crippen LogP contribution in [0, 0.1) is 5.92 Å². The third kappa shape index (κ3) is 4.14. The molecule has 170 valence electrons. The zero-order valence-corrected chi connectivity index (χ0v) is 18.7. The van der Waals surface area contributed by atoms with Crippen molar-refractivity contribution in [3.8, 4) is 5.75 Å². The van der Waals surface area contributed by atoms with E-state index >= 15 is 0 Å². The largest absolute Gasteiger partial charge is 0.497 e. The second kappa shape index (κ2) is 8.99. The first-order chi connectivity index (χ1) is 15.6. The highest BCUT2D eigenvalue weighted by Crippen LogP contribution is 2.31. The molecule has 2 aliphatic rings. The van der Waals surface area contributed by atoms with E-state index in [0.29, 0.717) is 29.6 Å². The molecule has 2 saturated heterocycles. The fourth-order valence-corrected chi connectivity index (χ4v) is 4.83. The minimum absolute atomic E-state index is 0.113. The van der Waals surface area contributed by atoms with Crippen LogP contribution in [0.4, 0.5) is 0 Å². The van der Waals surface area contributed by atoms with Crippen LogP contribution in [0.2, 0.25) is 0 Å². The van der Waals surface area contributed by atoms with Crippen LogP contribution >= 0.6 is 0 Å². The van der Waals surface area contributed by atoms with Crippen molar-refractivity contribution in [2.24, 2.45) is 5.92 Å². The lowest BCUT2D eigenvalue weighted by atomic mass is 9.95. The van der Waals surface area contributed by atoms with Crippen molar-refractivity contribution in [1.29, 1.82) is 0 Å². The van der Waals surface area contributed by atoms with Crippen molar-refractivity contribution in [3.05, 3.63) is 46.0 Å². The van der Waals surface area contributed by atoms with E-state index in [2.05, 4.69) is 32.3 Å². The number of likely N-dealkylation sites (tertiary alicyclic amines) is 1. The molecule has 1 N–H and O–H groups in total. The fraction of sp³-hybridized carbons (Fsp3) is 0.565. The van der Waals surface area contributed by atoms with E-state index in [-0.39, 0.29) is 17.7 Å². The van der Waals surface area contributed by atoms with Crippen molar-refractivity contribution in [1.82, 2.24) is 30.1 Å². The summed E-state index contributed by atoms with van der Waals surface area (Å²) in [6.45, 7) is 5.47. The number of rotatable bonds is 6. The Morgan fingerprint density at radius 1 is 1.25 bits per heavy atom.